The fourth-order valence-corrected chi connectivity index (χ4v) is 6.35. The summed E-state index contributed by atoms with van der Waals surface area (Å²) in [6.07, 6.45) is 3.78. The van der Waals surface area contributed by atoms with E-state index in [9.17, 15) is 8.42 Å². The van der Waals surface area contributed by atoms with Crippen LogP contribution in [-0.4, -0.2) is 47.6 Å². The SMILES string of the molecule is CC[C@@H](C[C@@H]1CC[C@H](C)N1CS(=O)(=O)c1c(C)n[nH]c1C)Oc1cccc(C)c1. The first-order valence-electron chi connectivity index (χ1n) is 10.4. The molecule has 1 aliphatic heterocycles. The van der Waals surface area contributed by atoms with Gasteiger partial charge in [-0.15, -0.1) is 0 Å². The standard InChI is InChI=1S/C22H33N3O3S/c1-6-20(28-21-9-7-8-15(2)12-21)13-19-11-10-16(3)25(19)14-29(26,27)22-17(4)23-24-18(22)5/h7-9,12,16,19-20H,6,10-11,13-14H2,1-5H3,(H,23,24)/t16-,19-,20-/m0/s1. The monoisotopic (exact) mass is 419 g/mol. The number of sulfone groups is 1. The number of hydrogen-bond donors (Lipinski definition) is 1. The lowest BCUT2D eigenvalue weighted by atomic mass is 10.0. The van der Waals surface area contributed by atoms with Gasteiger partial charge in [-0.25, -0.2) is 8.42 Å². The van der Waals surface area contributed by atoms with Gasteiger partial charge in [0.1, 0.15) is 16.5 Å². The fourth-order valence-electron chi connectivity index (χ4n) is 4.35. The van der Waals surface area contributed by atoms with Crippen molar-refractivity contribution < 1.29 is 13.2 Å². The second kappa shape index (κ2) is 8.88. The van der Waals surface area contributed by atoms with Gasteiger partial charge in [0.05, 0.1) is 17.5 Å². The normalized spacial score (nSPS) is 21.4. The van der Waals surface area contributed by atoms with Crippen molar-refractivity contribution in [2.45, 2.75) is 83.4 Å². The van der Waals surface area contributed by atoms with E-state index >= 15 is 0 Å². The molecule has 0 radical (unpaired) electrons. The summed E-state index contributed by atoms with van der Waals surface area (Å²) in [5.41, 5.74) is 2.32. The highest BCUT2D eigenvalue weighted by Crippen LogP contribution is 2.31. The van der Waals surface area contributed by atoms with Crippen LogP contribution in [0.3, 0.4) is 0 Å². The molecular formula is C22H33N3O3S. The van der Waals surface area contributed by atoms with Gasteiger partial charge in [0.15, 0.2) is 9.84 Å². The summed E-state index contributed by atoms with van der Waals surface area (Å²) in [5.74, 6) is 0.910. The number of nitrogens with one attached hydrogen (secondary N) is 1. The van der Waals surface area contributed by atoms with Crippen LogP contribution < -0.4 is 4.74 Å². The van der Waals surface area contributed by atoms with Gasteiger partial charge < -0.3 is 4.74 Å². The second-order valence-electron chi connectivity index (χ2n) is 8.30. The van der Waals surface area contributed by atoms with Gasteiger partial charge in [-0.1, -0.05) is 19.1 Å². The van der Waals surface area contributed by atoms with Gasteiger partial charge in [0.25, 0.3) is 0 Å². The van der Waals surface area contributed by atoms with Gasteiger partial charge in [0, 0.05) is 12.1 Å². The molecule has 0 aliphatic carbocycles. The molecule has 0 amide bonds. The summed E-state index contributed by atoms with van der Waals surface area (Å²) in [7, 11) is -3.44. The molecule has 1 N–H and O–H groups in total. The van der Waals surface area contributed by atoms with Crippen LogP contribution in [0, 0.1) is 20.8 Å². The summed E-state index contributed by atoms with van der Waals surface area (Å²) >= 11 is 0. The molecule has 3 rings (SSSR count). The molecule has 7 heteroatoms. The van der Waals surface area contributed by atoms with Gasteiger partial charge in [-0.2, -0.15) is 5.10 Å². The average Bonchev–Trinajstić information content (AvgIpc) is 3.17. The van der Waals surface area contributed by atoms with Crippen LogP contribution in [0.25, 0.3) is 0 Å². The van der Waals surface area contributed by atoms with Crippen LogP contribution in [-0.2, 0) is 9.84 Å². The van der Waals surface area contributed by atoms with E-state index < -0.39 is 9.84 Å². The Balaban J connectivity index is 1.73. The van der Waals surface area contributed by atoms with E-state index in [1.165, 1.54) is 5.56 Å². The fraction of sp³-hybridized carbons (Fsp3) is 0.591. The van der Waals surface area contributed by atoms with Crippen LogP contribution in [0.15, 0.2) is 29.2 Å². The second-order valence-corrected chi connectivity index (χ2v) is 10.2. The predicted molar refractivity (Wildman–Crippen MR) is 115 cm³/mol. The van der Waals surface area contributed by atoms with E-state index in [1.807, 2.05) is 18.2 Å². The average molecular weight is 420 g/mol. The zero-order valence-corrected chi connectivity index (χ0v) is 18.9. The number of H-pyrrole nitrogens is 1. The quantitative estimate of drug-likeness (QED) is 0.695. The first-order chi connectivity index (χ1) is 13.7. The largest absolute Gasteiger partial charge is 0.490 e. The van der Waals surface area contributed by atoms with Crippen molar-refractivity contribution in [3.63, 3.8) is 0 Å². The van der Waals surface area contributed by atoms with Crippen LogP contribution in [0.2, 0.25) is 0 Å². The van der Waals surface area contributed by atoms with E-state index in [2.05, 4.69) is 41.9 Å². The van der Waals surface area contributed by atoms with Crippen molar-refractivity contribution in [2.75, 3.05) is 5.88 Å². The molecule has 29 heavy (non-hydrogen) atoms. The number of aromatic nitrogens is 2. The number of aryl methyl sites for hydroxylation is 3. The van der Waals surface area contributed by atoms with E-state index in [1.54, 1.807) is 13.8 Å². The number of ether oxygens (including phenoxy) is 1. The summed E-state index contributed by atoms with van der Waals surface area (Å²) in [6.45, 7) is 9.80. The topological polar surface area (TPSA) is 75.3 Å². The van der Waals surface area contributed by atoms with E-state index in [0.717, 1.165) is 31.4 Å². The lowest BCUT2D eigenvalue weighted by Crippen LogP contribution is -2.41. The molecule has 1 saturated heterocycles. The van der Waals surface area contributed by atoms with E-state index in [-0.39, 0.29) is 24.1 Å². The lowest BCUT2D eigenvalue weighted by molar-refractivity contribution is 0.132. The lowest BCUT2D eigenvalue weighted by Gasteiger charge is -2.30. The smallest absolute Gasteiger partial charge is 0.195 e. The van der Waals surface area contributed by atoms with Crippen molar-refractivity contribution in [1.82, 2.24) is 15.1 Å². The minimum atomic E-state index is -3.44. The Bertz CT molecular complexity index is 919. The van der Waals surface area contributed by atoms with Gasteiger partial charge in [-0.05, 0) is 71.1 Å². The number of nitrogens with zero attached hydrogens (tertiary/aromatic N) is 2. The molecule has 6 nitrogen and oxygen atoms in total. The Kier molecular flexibility index (Phi) is 6.69. The Hall–Kier alpha value is -1.86. The van der Waals surface area contributed by atoms with Gasteiger partial charge in [0.2, 0.25) is 0 Å². The molecule has 3 atom stereocenters. The van der Waals surface area contributed by atoms with Crippen LogP contribution in [0.4, 0.5) is 0 Å². The summed E-state index contributed by atoms with van der Waals surface area (Å²) in [6, 6.07) is 8.52. The molecule has 1 fully saturated rings. The Morgan fingerprint density at radius 2 is 2.03 bits per heavy atom. The van der Waals surface area contributed by atoms with Gasteiger partial charge >= 0.3 is 0 Å². The predicted octanol–water partition coefficient (Wildman–Crippen LogP) is 4.17. The molecule has 0 saturated carbocycles. The molecule has 0 bridgehead atoms. The van der Waals surface area contributed by atoms with Crippen LogP contribution in [0.1, 0.15) is 56.5 Å². The van der Waals surface area contributed by atoms with Crippen molar-refractivity contribution in [1.29, 1.82) is 0 Å². The van der Waals surface area contributed by atoms with Crippen LogP contribution >= 0.6 is 0 Å². The number of likely N-dealkylation sites (tertiary alicyclic amines) is 1. The zero-order chi connectivity index (χ0) is 21.2. The Morgan fingerprint density at radius 1 is 1.28 bits per heavy atom. The molecule has 0 spiro atoms. The minimum Gasteiger partial charge on any atom is -0.490 e. The summed E-state index contributed by atoms with van der Waals surface area (Å²) in [5, 5.41) is 6.86. The molecule has 2 aromatic rings. The number of hydrogen-bond acceptors (Lipinski definition) is 5. The third-order valence-corrected chi connectivity index (χ3v) is 7.79. The highest BCUT2D eigenvalue weighted by Gasteiger charge is 2.36. The highest BCUT2D eigenvalue weighted by molar-refractivity contribution is 7.91. The van der Waals surface area contributed by atoms with Crippen molar-refractivity contribution in [2.24, 2.45) is 0 Å². The maximum atomic E-state index is 13.1. The van der Waals surface area contributed by atoms with Crippen molar-refractivity contribution >= 4 is 9.84 Å². The summed E-state index contributed by atoms with van der Waals surface area (Å²) in [4.78, 5) is 2.49. The molecule has 1 aromatic carbocycles. The molecule has 160 valence electrons. The molecule has 0 unspecified atom stereocenters. The molecule has 1 aromatic heterocycles. The van der Waals surface area contributed by atoms with Crippen molar-refractivity contribution in [3.8, 4) is 5.75 Å². The third kappa shape index (κ3) is 5.01. The van der Waals surface area contributed by atoms with Crippen LogP contribution in [0.5, 0.6) is 5.75 Å². The molecule has 2 heterocycles. The van der Waals surface area contributed by atoms with E-state index in [4.69, 9.17) is 4.74 Å². The third-order valence-electron chi connectivity index (χ3n) is 5.93. The number of aromatic amines is 1. The minimum absolute atomic E-state index is 0.0287. The van der Waals surface area contributed by atoms with E-state index in [0.29, 0.717) is 16.3 Å². The molecule has 1 aliphatic rings. The Labute approximate surface area is 174 Å². The first kappa shape index (κ1) is 21.8. The maximum absolute atomic E-state index is 13.1. The zero-order valence-electron chi connectivity index (χ0n) is 18.1. The molecular weight excluding hydrogens is 386 g/mol. The maximum Gasteiger partial charge on any atom is 0.195 e. The highest BCUT2D eigenvalue weighted by atomic mass is 32.2. The first-order valence-corrected chi connectivity index (χ1v) is 12.1. The van der Waals surface area contributed by atoms with Crippen molar-refractivity contribution in [3.05, 3.63) is 41.2 Å². The number of rotatable bonds is 8. The van der Waals surface area contributed by atoms with Gasteiger partial charge in [-0.3, -0.25) is 10.00 Å². The Morgan fingerprint density at radius 3 is 2.66 bits per heavy atom. The summed E-state index contributed by atoms with van der Waals surface area (Å²) < 4.78 is 32.5. The number of benzene rings is 1.